The van der Waals surface area contributed by atoms with E-state index in [1.165, 1.54) is 12.3 Å². The van der Waals surface area contributed by atoms with Crippen molar-refractivity contribution in [1.82, 2.24) is 14.9 Å². The van der Waals surface area contributed by atoms with Gasteiger partial charge in [0.15, 0.2) is 5.82 Å². The van der Waals surface area contributed by atoms with Crippen molar-refractivity contribution in [2.75, 3.05) is 18.0 Å². The molecule has 0 aromatic carbocycles. The Hall–Kier alpha value is -3.10. The van der Waals surface area contributed by atoms with Crippen LogP contribution in [0.4, 0.5) is 20.3 Å². The van der Waals surface area contributed by atoms with Crippen LogP contribution in [-0.2, 0) is 17.9 Å². The third-order valence-electron chi connectivity index (χ3n) is 6.01. The molecule has 2 N–H and O–H groups in total. The van der Waals surface area contributed by atoms with Crippen molar-refractivity contribution >= 4 is 23.2 Å². The number of rotatable bonds is 5. The number of carbonyl (C=O) groups is 1. The third kappa shape index (κ3) is 4.22. The molecule has 0 spiro atoms. The molecule has 2 aromatic heterocycles. The Bertz CT molecular complexity index is 1040. The number of pyridine rings is 2. The van der Waals surface area contributed by atoms with Gasteiger partial charge in [-0.2, -0.15) is 0 Å². The van der Waals surface area contributed by atoms with Crippen molar-refractivity contribution in [2.24, 2.45) is 16.6 Å². The van der Waals surface area contributed by atoms with Crippen LogP contribution >= 0.6 is 0 Å². The van der Waals surface area contributed by atoms with E-state index >= 15 is 0 Å². The highest BCUT2D eigenvalue weighted by Crippen LogP contribution is 2.35. The van der Waals surface area contributed by atoms with Crippen LogP contribution in [0.5, 0.6) is 0 Å². The van der Waals surface area contributed by atoms with Gasteiger partial charge in [-0.25, -0.2) is 18.8 Å². The number of halogens is 2. The molecule has 0 unspecified atom stereocenters. The second-order valence-electron chi connectivity index (χ2n) is 8.32. The third-order valence-corrected chi connectivity index (χ3v) is 6.01. The number of hydrogen-bond donors (Lipinski definition) is 1. The van der Waals surface area contributed by atoms with Crippen LogP contribution in [0.15, 0.2) is 23.3 Å². The van der Waals surface area contributed by atoms with E-state index in [1.807, 2.05) is 23.6 Å². The smallest absolute Gasteiger partial charge is 0.280 e. The first-order chi connectivity index (χ1) is 14.7. The molecule has 9 heteroatoms. The maximum absolute atomic E-state index is 13.0. The number of aromatic nitrogens is 2. The summed E-state index contributed by atoms with van der Waals surface area (Å²) < 4.78 is 25.7. The highest BCUT2D eigenvalue weighted by molar-refractivity contribution is 5.81. The maximum Gasteiger partial charge on any atom is 0.280 e. The van der Waals surface area contributed by atoms with Gasteiger partial charge in [0.1, 0.15) is 5.69 Å². The predicted molar refractivity (Wildman–Crippen MR) is 114 cm³/mol. The fraction of sp³-hybridized carbons (Fsp3) is 0.455. The molecule has 0 saturated carbocycles. The zero-order valence-electron chi connectivity index (χ0n) is 17.9. The van der Waals surface area contributed by atoms with Gasteiger partial charge in [-0.05, 0) is 44.0 Å². The zero-order valence-corrected chi connectivity index (χ0v) is 17.9. The molecule has 1 fully saturated rings. The Kier molecular flexibility index (Phi) is 5.60. The molecular formula is C22H26F2N6O. The van der Waals surface area contributed by atoms with Gasteiger partial charge < -0.3 is 15.5 Å². The first-order valence-electron chi connectivity index (χ1n) is 10.3. The molecule has 1 amide bonds. The zero-order chi connectivity index (χ0) is 22.3. The molecular weight excluding hydrogens is 402 g/mol. The summed E-state index contributed by atoms with van der Waals surface area (Å²) in [6.07, 6.45) is -0.760. The summed E-state index contributed by atoms with van der Waals surface area (Å²) in [7, 11) is 0. The fourth-order valence-electron chi connectivity index (χ4n) is 4.18. The molecule has 2 aromatic rings. The Labute approximate surface area is 180 Å². The first-order valence-corrected chi connectivity index (χ1v) is 10.3. The predicted octanol–water partition coefficient (Wildman–Crippen LogP) is 3.41. The summed E-state index contributed by atoms with van der Waals surface area (Å²) >= 11 is 0. The molecule has 0 radical (unpaired) electrons. The van der Waals surface area contributed by atoms with E-state index in [4.69, 9.17) is 5.73 Å². The number of nitrogens with zero attached hydrogens (tertiary/aromatic N) is 5. The molecule has 0 bridgehead atoms. The molecule has 164 valence electrons. The number of alkyl halides is 2. The maximum atomic E-state index is 13.0. The normalized spacial score (nSPS) is 16.6. The molecule has 2 aliphatic rings. The van der Waals surface area contributed by atoms with E-state index in [0.29, 0.717) is 44.3 Å². The Morgan fingerprint density at radius 1 is 1.29 bits per heavy atom. The minimum absolute atomic E-state index is 0.0836. The van der Waals surface area contributed by atoms with Crippen LogP contribution in [0.25, 0.3) is 0 Å². The van der Waals surface area contributed by atoms with Gasteiger partial charge in [0, 0.05) is 55.1 Å². The topological polar surface area (TPSA) is 87.7 Å². The van der Waals surface area contributed by atoms with E-state index in [-0.39, 0.29) is 17.5 Å². The lowest BCUT2D eigenvalue weighted by molar-refractivity contribution is -0.133. The van der Waals surface area contributed by atoms with E-state index in [1.54, 1.807) is 13.0 Å². The van der Waals surface area contributed by atoms with Gasteiger partial charge in [-0.1, -0.05) is 0 Å². The Morgan fingerprint density at radius 2 is 2.00 bits per heavy atom. The van der Waals surface area contributed by atoms with E-state index in [0.717, 1.165) is 28.1 Å². The number of aliphatic imine (C=N–C) groups is 1. The van der Waals surface area contributed by atoms with Gasteiger partial charge in [0.05, 0.1) is 12.4 Å². The number of fused-ring (bicyclic) bond motifs is 1. The van der Waals surface area contributed by atoms with Crippen LogP contribution < -0.4 is 10.6 Å². The monoisotopic (exact) mass is 428 g/mol. The quantitative estimate of drug-likeness (QED) is 0.583. The van der Waals surface area contributed by atoms with Crippen molar-refractivity contribution in [3.05, 3.63) is 46.4 Å². The molecule has 0 aliphatic carbocycles. The van der Waals surface area contributed by atoms with Gasteiger partial charge in [0.2, 0.25) is 5.91 Å². The van der Waals surface area contributed by atoms with Crippen LogP contribution in [0.3, 0.4) is 0 Å². The summed E-state index contributed by atoms with van der Waals surface area (Å²) in [4.78, 5) is 29.4. The van der Waals surface area contributed by atoms with Crippen molar-refractivity contribution in [1.29, 1.82) is 0 Å². The largest absolute Gasteiger partial charge is 0.387 e. The van der Waals surface area contributed by atoms with E-state index in [9.17, 15) is 13.6 Å². The molecule has 4 heterocycles. The van der Waals surface area contributed by atoms with Crippen molar-refractivity contribution < 1.29 is 13.6 Å². The second kappa shape index (κ2) is 8.20. The SMILES string of the molecule is CC(N)=Nc1nc(C)c(C)c2c1CN(C(=O)CC1CN(c3ccnc(C(F)F)c3)C1)C2. The molecule has 4 rings (SSSR count). The van der Waals surface area contributed by atoms with Gasteiger partial charge >= 0.3 is 0 Å². The Morgan fingerprint density at radius 3 is 2.68 bits per heavy atom. The number of nitrogens with two attached hydrogens (primary N) is 1. The molecule has 1 saturated heterocycles. The molecule has 31 heavy (non-hydrogen) atoms. The fourth-order valence-corrected chi connectivity index (χ4v) is 4.18. The standard InChI is InChI=1S/C22H26F2N6O/c1-12-13(2)27-22(28-14(3)25)18-11-30(10-17(12)18)20(31)6-15-8-29(9-15)16-4-5-26-19(7-16)21(23)24/h4-5,7,15,21H,6,8-11H2,1-3H3,(H2,25,27,28). The molecule has 7 nitrogen and oxygen atoms in total. The van der Waals surface area contributed by atoms with Crippen LogP contribution in [-0.4, -0.2) is 39.7 Å². The number of amidine groups is 1. The summed E-state index contributed by atoms with van der Waals surface area (Å²) in [5.74, 6) is 1.31. The summed E-state index contributed by atoms with van der Waals surface area (Å²) in [6, 6.07) is 3.14. The summed E-state index contributed by atoms with van der Waals surface area (Å²) in [5.41, 5.74) is 10.3. The van der Waals surface area contributed by atoms with Crippen LogP contribution in [0, 0.1) is 19.8 Å². The molecule has 0 atom stereocenters. The highest BCUT2D eigenvalue weighted by atomic mass is 19.3. The first kappa shape index (κ1) is 21.1. The lowest BCUT2D eigenvalue weighted by atomic mass is 9.95. The van der Waals surface area contributed by atoms with E-state index in [2.05, 4.69) is 15.0 Å². The summed E-state index contributed by atoms with van der Waals surface area (Å²) in [5, 5.41) is 0. The number of hydrogen-bond acceptors (Lipinski definition) is 5. The lowest BCUT2D eigenvalue weighted by Crippen LogP contribution is -2.48. The summed E-state index contributed by atoms with van der Waals surface area (Å²) in [6.45, 7) is 8.04. The van der Waals surface area contributed by atoms with Gasteiger partial charge in [0.25, 0.3) is 6.43 Å². The highest BCUT2D eigenvalue weighted by Gasteiger charge is 2.34. The number of aryl methyl sites for hydroxylation is 1. The average Bonchev–Trinajstić information content (AvgIpc) is 3.14. The average molecular weight is 428 g/mol. The number of carbonyl (C=O) groups excluding carboxylic acids is 1. The van der Waals surface area contributed by atoms with Gasteiger partial charge in [-0.15, -0.1) is 0 Å². The van der Waals surface area contributed by atoms with Crippen molar-refractivity contribution in [3.63, 3.8) is 0 Å². The van der Waals surface area contributed by atoms with Crippen LogP contribution in [0.2, 0.25) is 0 Å². The lowest BCUT2D eigenvalue weighted by Gasteiger charge is -2.41. The molecule has 2 aliphatic heterocycles. The minimum atomic E-state index is -2.59. The Balaban J connectivity index is 1.39. The minimum Gasteiger partial charge on any atom is -0.387 e. The van der Waals surface area contributed by atoms with Crippen molar-refractivity contribution in [3.8, 4) is 0 Å². The number of anilines is 1. The van der Waals surface area contributed by atoms with Gasteiger partial charge in [-0.3, -0.25) is 9.78 Å². The second-order valence-corrected chi connectivity index (χ2v) is 8.32. The van der Waals surface area contributed by atoms with Crippen LogP contribution in [0.1, 0.15) is 47.8 Å². The van der Waals surface area contributed by atoms with Crippen molar-refractivity contribution in [2.45, 2.75) is 46.7 Å². The van der Waals surface area contributed by atoms with E-state index < -0.39 is 6.43 Å². The number of amides is 1.